The lowest BCUT2D eigenvalue weighted by Gasteiger charge is -2.30. The number of ether oxygens (including phenoxy) is 1. The average molecular weight is 451 g/mol. The van der Waals surface area contributed by atoms with Crippen LogP contribution < -0.4 is 0 Å². The normalized spacial score (nSPS) is 14.3. The summed E-state index contributed by atoms with van der Waals surface area (Å²) in [5, 5.41) is 15.9. The molecule has 3 aromatic rings. The van der Waals surface area contributed by atoms with E-state index in [0.29, 0.717) is 49.6 Å². The summed E-state index contributed by atoms with van der Waals surface area (Å²) in [6.45, 7) is 2.95. The monoisotopic (exact) mass is 451 g/mol. The molecular formula is C23H25N5O5. The predicted molar refractivity (Wildman–Crippen MR) is 120 cm³/mol. The predicted octanol–water partition coefficient (Wildman–Crippen LogP) is 3.20. The number of piperidine rings is 1. The van der Waals surface area contributed by atoms with Crippen molar-refractivity contribution in [2.75, 3.05) is 19.7 Å². The van der Waals surface area contributed by atoms with Crippen LogP contribution in [-0.2, 0) is 16.6 Å². The standard InChI is InChI=1S/C23H25N5O5/c1-3-33-23(30)16-9-12-26(13-10-16)22(29)21-15-19(20-8-5-11-25(20)2)24-27(21)17-6-4-7-18(14-17)28(31)32/h4-8,11,14-16H,3,9-10,12-13H2,1-2H3. The van der Waals surface area contributed by atoms with Gasteiger partial charge in [-0.15, -0.1) is 0 Å². The SMILES string of the molecule is CCOC(=O)C1CCN(C(=O)c2cc(-c3cccn3C)nn2-c2cccc([N+](=O)[O-])c2)CC1. The lowest BCUT2D eigenvalue weighted by atomic mass is 9.97. The minimum absolute atomic E-state index is 0.0860. The Morgan fingerprint density at radius 2 is 1.94 bits per heavy atom. The lowest BCUT2D eigenvalue weighted by Crippen LogP contribution is -2.41. The fourth-order valence-electron chi connectivity index (χ4n) is 4.06. The summed E-state index contributed by atoms with van der Waals surface area (Å²) in [6, 6.07) is 11.5. The molecule has 0 atom stereocenters. The van der Waals surface area contributed by atoms with Crippen molar-refractivity contribution in [1.29, 1.82) is 0 Å². The van der Waals surface area contributed by atoms with Gasteiger partial charge in [-0.2, -0.15) is 5.10 Å². The van der Waals surface area contributed by atoms with E-state index in [1.54, 1.807) is 30.0 Å². The molecule has 10 heteroatoms. The summed E-state index contributed by atoms with van der Waals surface area (Å²) in [4.78, 5) is 38.0. The van der Waals surface area contributed by atoms with E-state index in [2.05, 4.69) is 5.10 Å². The van der Waals surface area contributed by atoms with Crippen molar-refractivity contribution in [1.82, 2.24) is 19.2 Å². The first-order valence-corrected chi connectivity index (χ1v) is 10.8. The molecular weight excluding hydrogens is 426 g/mol. The summed E-state index contributed by atoms with van der Waals surface area (Å²) in [5.41, 5.74) is 2.04. The number of benzene rings is 1. The molecule has 0 saturated carbocycles. The van der Waals surface area contributed by atoms with E-state index >= 15 is 0 Å². The van der Waals surface area contributed by atoms with E-state index in [-0.39, 0.29) is 23.5 Å². The Bertz CT molecular complexity index is 1190. The molecule has 3 heterocycles. The summed E-state index contributed by atoms with van der Waals surface area (Å²) in [6.07, 6.45) is 2.93. The molecule has 1 aliphatic heterocycles. The van der Waals surface area contributed by atoms with E-state index in [1.165, 1.54) is 16.8 Å². The van der Waals surface area contributed by atoms with Crippen LogP contribution in [0, 0.1) is 16.0 Å². The number of rotatable bonds is 6. The van der Waals surface area contributed by atoms with Crippen molar-refractivity contribution < 1.29 is 19.2 Å². The van der Waals surface area contributed by atoms with Crippen molar-refractivity contribution in [3.05, 3.63) is 64.5 Å². The maximum atomic E-state index is 13.5. The van der Waals surface area contributed by atoms with Crippen LogP contribution in [0.3, 0.4) is 0 Å². The third-order valence-electron chi connectivity index (χ3n) is 5.82. The number of aromatic nitrogens is 3. The number of carbonyl (C=O) groups excluding carboxylic acids is 2. The van der Waals surface area contributed by atoms with Gasteiger partial charge in [0.2, 0.25) is 0 Å². The molecule has 1 amide bonds. The molecule has 2 aromatic heterocycles. The van der Waals surface area contributed by atoms with Gasteiger partial charge < -0.3 is 14.2 Å². The summed E-state index contributed by atoms with van der Waals surface area (Å²) in [7, 11) is 1.88. The molecule has 0 bridgehead atoms. The molecule has 1 fully saturated rings. The van der Waals surface area contributed by atoms with E-state index < -0.39 is 4.92 Å². The van der Waals surface area contributed by atoms with E-state index in [1.807, 2.05) is 29.9 Å². The third-order valence-corrected chi connectivity index (χ3v) is 5.82. The van der Waals surface area contributed by atoms with Crippen LogP contribution in [0.5, 0.6) is 0 Å². The van der Waals surface area contributed by atoms with Crippen LogP contribution in [-0.4, -0.2) is 55.7 Å². The van der Waals surface area contributed by atoms with Gasteiger partial charge >= 0.3 is 5.97 Å². The van der Waals surface area contributed by atoms with Crippen molar-refractivity contribution in [2.45, 2.75) is 19.8 Å². The molecule has 1 aromatic carbocycles. The van der Waals surface area contributed by atoms with Crippen molar-refractivity contribution in [2.24, 2.45) is 13.0 Å². The molecule has 0 radical (unpaired) electrons. The van der Waals surface area contributed by atoms with Gasteiger partial charge in [-0.05, 0) is 44.0 Å². The van der Waals surface area contributed by atoms with Crippen molar-refractivity contribution in [3.8, 4) is 17.1 Å². The molecule has 4 rings (SSSR count). The van der Waals surface area contributed by atoms with E-state index in [4.69, 9.17) is 4.74 Å². The summed E-state index contributed by atoms with van der Waals surface area (Å²) in [5.74, 6) is -0.677. The van der Waals surface area contributed by atoms with Gasteiger partial charge in [0.25, 0.3) is 11.6 Å². The number of likely N-dealkylation sites (tertiary alicyclic amines) is 1. The molecule has 10 nitrogen and oxygen atoms in total. The smallest absolute Gasteiger partial charge is 0.309 e. The highest BCUT2D eigenvalue weighted by atomic mass is 16.6. The molecule has 0 N–H and O–H groups in total. The quantitative estimate of drug-likeness (QED) is 0.323. The zero-order valence-electron chi connectivity index (χ0n) is 18.5. The largest absolute Gasteiger partial charge is 0.466 e. The van der Waals surface area contributed by atoms with Gasteiger partial charge in [-0.25, -0.2) is 4.68 Å². The van der Waals surface area contributed by atoms with Gasteiger partial charge in [-0.1, -0.05) is 6.07 Å². The first-order valence-electron chi connectivity index (χ1n) is 10.8. The molecule has 172 valence electrons. The maximum Gasteiger partial charge on any atom is 0.309 e. The number of carbonyl (C=O) groups is 2. The Morgan fingerprint density at radius 1 is 1.18 bits per heavy atom. The fourth-order valence-corrected chi connectivity index (χ4v) is 4.06. The number of esters is 1. The van der Waals surface area contributed by atoms with Crippen molar-refractivity contribution >= 4 is 17.6 Å². The molecule has 0 spiro atoms. The number of nitro benzene ring substituents is 1. The van der Waals surface area contributed by atoms with Crippen LogP contribution in [0.4, 0.5) is 5.69 Å². The van der Waals surface area contributed by atoms with E-state index in [0.717, 1.165) is 5.69 Å². The second-order valence-corrected chi connectivity index (χ2v) is 7.93. The van der Waals surface area contributed by atoms with Gasteiger partial charge in [0.1, 0.15) is 11.4 Å². The number of hydrogen-bond donors (Lipinski definition) is 0. The summed E-state index contributed by atoms with van der Waals surface area (Å²) < 4.78 is 8.45. The Morgan fingerprint density at radius 3 is 2.58 bits per heavy atom. The first kappa shape index (κ1) is 22.3. The number of nitrogens with zero attached hydrogens (tertiary/aromatic N) is 5. The molecule has 0 unspecified atom stereocenters. The Kier molecular flexibility index (Phi) is 6.25. The Labute approximate surface area is 190 Å². The van der Waals surface area contributed by atoms with Gasteiger partial charge in [0, 0.05) is 38.5 Å². The zero-order chi connectivity index (χ0) is 23.5. The van der Waals surface area contributed by atoms with Gasteiger partial charge in [-0.3, -0.25) is 19.7 Å². The van der Waals surface area contributed by atoms with Crippen LogP contribution in [0.1, 0.15) is 30.3 Å². The number of hydrogen-bond acceptors (Lipinski definition) is 6. The van der Waals surface area contributed by atoms with Crippen LogP contribution >= 0.6 is 0 Å². The van der Waals surface area contributed by atoms with Gasteiger partial charge in [0.15, 0.2) is 0 Å². The van der Waals surface area contributed by atoms with Crippen LogP contribution in [0.15, 0.2) is 48.7 Å². The lowest BCUT2D eigenvalue weighted by molar-refractivity contribution is -0.384. The second-order valence-electron chi connectivity index (χ2n) is 7.93. The Hall–Kier alpha value is -3.95. The fraction of sp³-hybridized carbons (Fsp3) is 0.348. The van der Waals surface area contributed by atoms with Crippen molar-refractivity contribution in [3.63, 3.8) is 0 Å². The number of nitro groups is 1. The third kappa shape index (κ3) is 4.50. The molecule has 33 heavy (non-hydrogen) atoms. The average Bonchev–Trinajstić information content (AvgIpc) is 3.45. The molecule has 1 saturated heterocycles. The highest BCUT2D eigenvalue weighted by molar-refractivity contribution is 5.94. The Balaban J connectivity index is 1.67. The van der Waals surface area contributed by atoms with Gasteiger partial charge in [0.05, 0.1) is 28.8 Å². The van der Waals surface area contributed by atoms with Crippen LogP contribution in [0.2, 0.25) is 0 Å². The highest BCUT2D eigenvalue weighted by Crippen LogP contribution is 2.26. The summed E-state index contributed by atoms with van der Waals surface area (Å²) >= 11 is 0. The minimum Gasteiger partial charge on any atom is -0.466 e. The topological polar surface area (TPSA) is 113 Å². The number of aryl methyl sites for hydroxylation is 1. The number of non-ortho nitro benzene ring substituents is 1. The number of amides is 1. The molecule has 0 aliphatic carbocycles. The molecule has 1 aliphatic rings. The second kappa shape index (κ2) is 9.27. The van der Waals surface area contributed by atoms with E-state index in [9.17, 15) is 19.7 Å². The highest BCUT2D eigenvalue weighted by Gasteiger charge is 2.31. The zero-order valence-corrected chi connectivity index (χ0v) is 18.5. The maximum absolute atomic E-state index is 13.5. The van der Waals surface area contributed by atoms with Crippen LogP contribution in [0.25, 0.3) is 17.1 Å². The minimum atomic E-state index is -0.479. The first-order chi connectivity index (χ1) is 15.9.